The van der Waals surface area contributed by atoms with Crippen molar-refractivity contribution in [2.24, 2.45) is 56.7 Å². The summed E-state index contributed by atoms with van der Waals surface area (Å²) in [6.45, 7) is 20.2. The number of carboxylic acid groups (broad SMARTS) is 1. The molecule has 0 radical (unpaired) electrons. The molecule has 11 atom stereocenters. The van der Waals surface area contributed by atoms with E-state index in [9.17, 15) is 14.7 Å². The van der Waals surface area contributed by atoms with Gasteiger partial charge in [0.2, 0.25) is 0 Å². The molecular formula is C32H50O4. The molecule has 36 heavy (non-hydrogen) atoms. The van der Waals surface area contributed by atoms with Crippen molar-refractivity contribution in [3.63, 3.8) is 0 Å². The van der Waals surface area contributed by atoms with Gasteiger partial charge in [-0.15, -0.1) is 0 Å². The average Bonchev–Trinajstić information content (AvgIpc) is 3.14. The molecule has 0 aromatic carbocycles. The molecule has 0 heterocycles. The van der Waals surface area contributed by atoms with Crippen LogP contribution in [0.1, 0.15) is 113 Å². The van der Waals surface area contributed by atoms with E-state index in [0.717, 1.165) is 31.1 Å². The largest absolute Gasteiger partial charge is 0.481 e. The third-order valence-corrected chi connectivity index (χ3v) is 13.9. The lowest BCUT2D eigenvalue weighted by Crippen LogP contribution is -2.68. The van der Waals surface area contributed by atoms with Gasteiger partial charge < -0.3 is 9.84 Å². The first-order valence-corrected chi connectivity index (χ1v) is 14.7. The number of allylic oxidation sites excluding steroid dienone is 1. The molecule has 0 aromatic rings. The molecule has 0 saturated heterocycles. The Labute approximate surface area is 219 Å². The maximum absolute atomic E-state index is 12.9. The van der Waals surface area contributed by atoms with Crippen LogP contribution in [0.25, 0.3) is 0 Å². The molecule has 5 aliphatic rings. The van der Waals surface area contributed by atoms with Crippen LogP contribution in [0.15, 0.2) is 12.2 Å². The normalized spacial score (nSPS) is 53.9. The predicted molar refractivity (Wildman–Crippen MR) is 142 cm³/mol. The highest BCUT2D eigenvalue weighted by Gasteiger charge is 2.72. The lowest BCUT2D eigenvalue weighted by Gasteiger charge is -2.72. The number of hydrogen-bond acceptors (Lipinski definition) is 3. The highest BCUT2D eigenvalue weighted by atomic mass is 16.5. The maximum Gasteiger partial charge on any atom is 0.313 e. The topological polar surface area (TPSA) is 63.6 Å². The van der Waals surface area contributed by atoms with Gasteiger partial charge in [0.1, 0.15) is 11.5 Å². The van der Waals surface area contributed by atoms with Crippen molar-refractivity contribution < 1.29 is 19.4 Å². The predicted octanol–water partition coefficient (Wildman–Crippen LogP) is 7.66. The summed E-state index contributed by atoms with van der Waals surface area (Å²) in [4.78, 5) is 24.8. The molecule has 1 N–H and O–H groups in total. The lowest BCUT2D eigenvalue weighted by atomic mass is 9.32. The Bertz CT molecular complexity index is 971. The summed E-state index contributed by atoms with van der Waals surface area (Å²) in [6, 6.07) is 0. The molecule has 0 unspecified atom stereocenters. The highest BCUT2D eigenvalue weighted by Crippen LogP contribution is 2.77. The summed E-state index contributed by atoms with van der Waals surface area (Å²) >= 11 is 0. The van der Waals surface area contributed by atoms with E-state index in [-0.39, 0.29) is 28.1 Å². The fourth-order valence-electron chi connectivity index (χ4n) is 11.8. The fraction of sp³-hybridized carbons (Fsp3) is 0.875. The van der Waals surface area contributed by atoms with E-state index in [1.807, 2.05) is 6.92 Å². The number of carbonyl (C=O) groups excluding carboxylic acids is 1. The summed E-state index contributed by atoms with van der Waals surface area (Å²) in [7, 11) is 0. The van der Waals surface area contributed by atoms with Gasteiger partial charge in [-0.1, -0.05) is 39.8 Å². The van der Waals surface area contributed by atoms with E-state index in [1.165, 1.54) is 51.0 Å². The number of rotatable bonds is 3. The molecule has 5 rings (SSSR count). The van der Waals surface area contributed by atoms with Gasteiger partial charge in [-0.05, 0) is 129 Å². The minimum absolute atomic E-state index is 0.0299. The molecule has 5 aliphatic carbocycles. The van der Waals surface area contributed by atoms with Crippen LogP contribution in [-0.2, 0) is 14.3 Å². The third-order valence-electron chi connectivity index (χ3n) is 13.9. The van der Waals surface area contributed by atoms with Gasteiger partial charge in [0.05, 0.1) is 0 Å². The highest BCUT2D eigenvalue weighted by molar-refractivity contribution is 5.77. The minimum atomic E-state index is -1.03. The standard InChI is InChI=1S/C32H50O4/c1-19(2)21-11-14-28(4)17-18-30(6)22(26(21)28)9-10-23-29(5)15-13-25(36-20(3)33)32(8,27(34)35)24(29)12-16-31(23,30)7/h21-26H,1,9-18H2,2-8H3,(H,34,35)/t21-,22+,23+,24+,25+,26-,28+,29+,30+,31+,32+/m0/s1. The summed E-state index contributed by atoms with van der Waals surface area (Å²) in [5.41, 5.74) is 1.24. The molecule has 4 nitrogen and oxygen atoms in total. The van der Waals surface area contributed by atoms with E-state index in [0.29, 0.717) is 23.7 Å². The van der Waals surface area contributed by atoms with E-state index in [4.69, 9.17) is 4.74 Å². The van der Waals surface area contributed by atoms with Crippen LogP contribution in [0.3, 0.4) is 0 Å². The molecule has 4 heteroatoms. The average molecular weight is 499 g/mol. The van der Waals surface area contributed by atoms with Gasteiger partial charge >= 0.3 is 11.9 Å². The van der Waals surface area contributed by atoms with Crippen molar-refractivity contribution in [3.05, 3.63) is 12.2 Å². The van der Waals surface area contributed by atoms with E-state index in [1.54, 1.807) is 0 Å². The van der Waals surface area contributed by atoms with Crippen molar-refractivity contribution in [3.8, 4) is 0 Å². The molecule has 0 aliphatic heterocycles. The molecule has 0 aromatic heterocycles. The molecule has 0 bridgehead atoms. The van der Waals surface area contributed by atoms with Crippen LogP contribution in [0.2, 0.25) is 0 Å². The van der Waals surface area contributed by atoms with Crippen molar-refractivity contribution >= 4 is 11.9 Å². The second-order valence-electron chi connectivity index (χ2n) is 15.1. The lowest BCUT2D eigenvalue weighted by molar-refractivity contribution is -0.252. The van der Waals surface area contributed by atoms with E-state index in [2.05, 4.69) is 41.2 Å². The number of ether oxygens (including phenoxy) is 1. The van der Waals surface area contributed by atoms with E-state index < -0.39 is 17.5 Å². The van der Waals surface area contributed by atoms with Crippen molar-refractivity contribution in [1.82, 2.24) is 0 Å². The Morgan fingerprint density at radius 1 is 0.806 bits per heavy atom. The van der Waals surface area contributed by atoms with E-state index >= 15 is 0 Å². The summed E-state index contributed by atoms with van der Waals surface area (Å²) in [5, 5.41) is 10.5. The van der Waals surface area contributed by atoms with Gasteiger partial charge in [-0.25, -0.2) is 0 Å². The third kappa shape index (κ3) is 3.17. The van der Waals surface area contributed by atoms with Crippen molar-refractivity contribution in [2.75, 3.05) is 0 Å². The molecule has 0 spiro atoms. The van der Waals surface area contributed by atoms with Crippen molar-refractivity contribution in [1.29, 1.82) is 0 Å². The van der Waals surface area contributed by atoms with Crippen LogP contribution in [0.5, 0.6) is 0 Å². The zero-order chi connectivity index (χ0) is 26.5. The van der Waals surface area contributed by atoms with Gasteiger partial charge in [0.15, 0.2) is 0 Å². The SMILES string of the molecule is C=C(C)[C@@H]1CC[C@]2(C)CC[C@]3(C)[C@H](CC[C@@H]4[C@@]5(C)CC[C@@H](OC(C)=O)[C@](C)(C(=O)O)[C@@H]5CC[C@]43C)[C@H]12. The number of carboxylic acids is 1. The Kier molecular flexibility index (Phi) is 5.91. The zero-order valence-electron chi connectivity index (χ0n) is 23.9. The maximum atomic E-state index is 12.9. The van der Waals surface area contributed by atoms with Crippen LogP contribution in [0.4, 0.5) is 0 Å². The van der Waals surface area contributed by atoms with Gasteiger partial charge in [-0.2, -0.15) is 0 Å². The summed E-state index contributed by atoms with van der Waals surface area (Å²) in [5.74, 6) is 1.50. The van der Waals surface area contributed by atoms with Gasteiger partial charge in [0, 0.05) is 6.92 Å². The Hall–Kier alpha value is -1.32. The smallest absolute Gasteiger partial charge is 0.313 e. The number of esters is 1. The number of hydrogen-bond donors (Lipinski definition) is 1. The van der Waals surface area contributed by atoms with Crippen LogP contribution < -0.4 is 0 Å². The fourth-order valence-corrected chi connectivity index (χ4v) is 11.8. The van der Waals surface area contributed by atoms with Gasteiger partial charge in [-0.3, -0.25) is 9.59 Å². The molecule has 202 valence electrons. The van der Waals surface area contributed by atoms with Crippen LogP contribution >= 0.6 is 0 Å². The molecule has 5 saturated carbocycles. The van der Waals surface area contributed by atoms with Crippen molar-refractivity contribution in [2.45, 2.75) is 119 Å². The van der Waals surface area contributed by atoms with Crippen LogP contribution in [0, 0.1) is 56.7 Å². The first-order valence-electron chi connectivity index (χ1n) is 14.7. The molecule has 5 fully saturated rings. The summed E-state index contributed by atoms with van der Waals surface area (Å²) < 4.78 is 5.69. The Morgan fingerprint density at radius 3 is 2.11 bits per heavy atom. The Balaban J connectivity index is 1.53. The Morgan fingerprint density at radius 2 is 1.50 bits per heavy atom. The van der Waals surface area contributed by atoms with Crippen LogP contribution in [-0.4, -0.2) is 23.1 Å². The second-order valence-corrected chi connectivity index (χ2v) is 15.1. The second kappa shape index (κ2) is 8.09. The number of fused-ring (bicyclic) bond motifs is 7. The quantitative estimate of drug-likeness (QED) is 0.320. The zero-order valence-corrected chi connectivity index (χ0v) is 23.9. The molecular weight excluding hydrogens is 448 g/mol. The first kappa shape index (κ1) is 26.3. The minimum Gasteiger partial charge on any atom is -0.481 e. The number of aliphatic carboxylic acids is 1. The first-order chi connectivity index (χ1) is 16.6. The molecule has 0 amide bonds. The van der Waals surface area contributed by atoms with Gasteiger partial charge in [0.25, 0.3) is 0 Å². The number of carbonyl (C=O) groups is 2. The summed E-state index contributed by atoms with van der Waals surface area (Å²) in [6.07, 6.45) is 10.8. The monoisotopic (exact) mass is 498 g/mol.